The van der Waals surface area contributed by atoms with E-state index < -0.39 is 13.0 Å². The minimum atomic E-state index is -2.47. The molecule has 0 unspecified atom stereocenters. The van der Waals surface area contributed by atoms with Crippen molar-refractivity contribution in [3.8, 4) is 18.1 Å². The van der Waals surface area contributed by atoms with Crippen LogP contribution in [0.2, 0.25) is 0 Å². The number of hydrogen-bond donors (Lipinski definition) is 0. The highest BCUT2D eigenvalue weighted by Gasteiger charge is 2.04. The number of aryl methyl sites for hydroxylation is 1. The van der Waals surface area contributed by atoms with Gasteiger partial charge in [-0.05, 0) is 30.7 Å². The number of benzene rings is 1. The number of rotatable bonds is 3. The summed E-state index contributed by atoms with van der Waals surface area (Å²) in [5.74, 6) is 2.82. The van der Waals surface area contributed by atoms with Crippen molar-refractivity contribution in [1.29, 1.82) is 0 Å². The van der Waals surface area contributed by atoms with Gasteiger partial charge < -0.3 is 4.74 Å². The van der Waals surface area contributed by atoms with Crippen LogP contribution in [0.5, 0.6) is 5.75 Å². The van der Waals surface area contributed by atoms with Crippen LogP contribution in [-0.2, 0) is 0 Å². The van der Waals surface area contributed by atoms with Crippen molar-refractivity contribution in [2.24, 2.45) is 0 Å². The molecule has 0 bridgehead atoms. The SMILES string of the molecule is C#Cc1cc(C)cc(OCC(F)F)c1. The molecule has 0 aliphatic rings. The Bertz CT molecular complexity index is 353. The first-order valence-electron chi connectivity index (χ1n) is 4.11. The molecule has 3 heteroatoms. The highest BCUT2D eigenvalue weighted by Crippen LogP contribution is 2.16. The van der Waals surface area contributed by atoms with Crippen molar-refractivity contribution in [3.63, 3.8) is 0 Å². The summed E-state index contributed by atoms with van der Waals surface area (Å²) in [7, 11) is 0. The molecule has 0 spiro atoms. The van der Waals surface area contributed by atoms with Crippen LogP contribution < -0.4 is 4.74 Å². The second-order valence-corrected chi connectivity index (χ2v) is 2.88. The molecule has 1 nitrogen and oxygen atoms in total. The molecule has 0 radical (unpaired) electrons. The van der Waals surface area contributed by atoms with E-state index in [4.69, 9.17) is 11.2 Å². The summed E-state index contributed by atoms with van der Waals surface area (Å²) in [6.45, 7) is 1.23. The molecule has 0 atom stereocenters. The van der Waals surface area contributed by atoms with Gasteiger partial charge in [-0.3, -0.25) is 0 Å². The first-order chi connectivity index (χ1) is 6.61. The zero-order valence-electron chi connectivity index (χ0n) is 7.76. The Morgan fingerprint density at radius 1 is 1.43 bits per heavy atom. The van der Waals surface area contributed by atoms with E-state index in [9.17, 15) is 8.78 Å². The van der Waals surface area contributed by atoms with Gasteiger partial charge in [0.1, 0.15) is 12.4 Å². The molecule has 74 valence electrons. The molecule has 0 fully saturated rings. The monoisotopic (exact) mass is 196 g/mol. The Balaban J connectivity index is 2.78. The molecule has 0 aliphatic heterocycles. The number of halogens is 2. The van der Waals surface area contributed by atoms with Crippen LogP contribution in [0.15, 0.2) is 18.2 Å². The second kappa shape index (κ2) is 4.61. The lowest BCUT2D eigenvalue weighted by Gasteiger charge is -2.06. The summed E-state index contributed by atoms with van der Waals surface area (Å²) in [6, 6.07) is 5.02. The largest absolute Gasteiger partial charge is 0.488 e. The van der Waals surface area contributed by atoms with Crippen LogP contribution in [0, 0.1) is 19.3 Å². The molecule has 0 saturated carbocycles. The van der Waals surface area contributed by atoms with E-state index in [1.165, 1.54) is 0 Å². The van der Waals surface area contributed by atoms with Gasteiger partial charge in [-0.1, -0.05) is 5.92 Å². The van der Waals surface area contributed by atoms with Crippen molar-refractivity contribution in [3.05, 3.63) is 29.3 Å². The molecule has 0 aliphatic carbocycles. The Morgan fingerprint density at radius 2 is 2.14 bits per heavy atom. The molecular weight excluding hydrogens is 186 g/mol. The van der Waals surface area contributed by atoms with Crippen LogP contribution >= 0.6 is 0 Å². The Labute approximate surface area is 81.7 Å². The summed E-state index contributed by atoms with van der Waals surface area (Å²) in [4.78, 5) is 0. The molecule has 1 rings (SSSR count). The molecular formula is C11H10F2O. The topological polar surface area (TPSA) is 9.23 Å². The van der Waals surface area contributed by atoms with Gasteiger partial charge in [0.15, 0.2) is 0 Å². The number of alkyl halides is 2. The first kappa shape index (κ1) is 10.5. The molecule has 1 aromatic carbocycles. The van der Waals surface area contributed by atoms with Gasteiger partial charge in [-0.25, -0.2) is 8.78 Å². The lowest BCUT2D eigenvalue weighted by molar-refractivity contribution is 0.0818. The normalized spacial score (nSPS) is 9.93. The molecule has 0 N–H and O–H groups in total. The maximum absolute atomic E-state index is 11.8. The predicted molar refractivity (Wildman–Crippen MR) is 50.6 cm³/mol. The van der Waals surface area contributed by atoms with E-state index in [-0.39, 0.29) is 0 Å². The minimum Gasteiger partial charge on any atom is -0.488 e. The van der Waals surface area contributed by atoms with Crippen molar-refractivity contribution < 1.29 is 13.5 Å². The average molecular weight is 196 g/mol. The van der Waals surface area contributed by atoms with E-state index >= 15 is 0 Å². The smallest absolute Gasteiger partial charge is 0.272 e. The summed E-state index contributed by atoms with van der Waals surface area (Å²) >= 11 is 0. The number of ether oxygens (including phenoxy) is 1. The van der Waals surface area contributed by atoms with Gasteiger partial charge in [0.25, 0.3) is 6.43 Å². The van der Waals surface area contributed by atoms with Crippen molar-refractivity contribution >= 4 is 0 Å². The van der Waals surface area contributed by atoms with Crippen molar-refractivity contribution in [2.75, 3.05) is 6.61 Å². The molecule has 0 aromatic heterocycles. The van der Waals surface area contributed by atoms with Gasteiger partial charge in [-0.15, -0.1) is 6.42 Å². The Hall–Kier alpha value is -1.56. The fraction of sp³-hybridized carbons (Fsp3) is 0.273. The summed E-state index contributed by atoms with van der Waals surface area (Å²) in [6.07, 6.45) is 2.72. The van der Waals surface area contributed by atoms with Crippen LogP contribution in [-0.4, -0.2) is 13.0 Å². The van der Waals surface area contributed by atoms with Crippen LogP contribution in [0.1, 0.15) is 11.1 Å². The zero-order valence-corrected chi connectivity index (χ0v) is 7.76. The lowest BCUT2D eigenvalue weighted by atomic mass is 10.1. The van der Waals surface area contributed by atoms with Crippen molar-refractivity contribution in [2.45, 2.75) is 13.3 Å². The van der Waals surface area contributed by atoms with E-state index in [1.807, 2.05) is 6.92 Å². The molecule has 0 amide bonds. The lowest BCUT2D eigenvalue weighted by Crippen LogP contribution is -2.07. The first-order valence-corrected chi connectivity index (χ1v) is 4.11. The minimum absolute atomic E-state index is 0.387. The van der Waals surface area contributed by atoms with Crippen molar-refractivity contribution in [1.82, 2.24) is 0 Å². The molecule has 14 heavy (non-hydrogen) atoms. The van der Waals surface area contributed by atoms with Gasteiger partial charge in [0.05, 0.1) is 0 Å². The maximum Gasteiger partial charge on any atom is 0.272 e. The summed E-state index contributed by atoms with van der Waals surface area (Å²) < 4.78 is 28.5. The number of hydrogen-bond acceptors (Lipinski definition) is 1. The highest BCUT2D eigenvalue weighted by molar-refractivity contribution is 5.41. The van der Waals surface area contributed by atoms with Crippen LogP contribution in [0.4, 0.5) is 8.78 Å². The quantitative estimate of drug-likeness (QED) is 0.675. The predicted octanol–water partition coefficient (Wildman–Crippen LogP) is 2.62. The molecule has 0 saturated heterocycles. The zero-order chi connectivity index (χ0) is 10.6. The maximum atomic E-state index is 11.8. The van der Waals surface area contributed by atoms with Crippen LogP contribution in [0.3, 0.4) is 0 Å². The third-order valence-electron chi connectivity index (χ3n) is 1.59. The average Bonchev–Trinajstić information content (AvgIpc) is 2.14. The Kier molecular flexibility index (Phi) is 3.47. The number of terminal acetylenes is 1. The van der Waals surface area contributed by atoms with Crippen LogP contribution in [0.25, 0.3) is 0 Å². The fourth-order valence-corrected chi connectivity index (χ4v) is 1.07. The fourth-order valence-electron chi connectivity index (χ4n) is 1.07. The van der Waals surface area contributed by atoms with Gasteiger partial charge >= 0.3 is 0 Å². The standard InChI is InChI=1S/C11H10F2O/c1-3-9-4-8(2)5-10(6-9)14-7-11(12)13/h1,4-6,11H,7H2,2H3. The van der Waals surface area contributed by atoms with E-state index in [0.29, 0.717) is 11.3 Å². The van der Waals surface area contributed by atoms with Gasteiger partial charge in [0, 0.05) is 5.56 Å². The molecule has 0 heterocycles. The third kappa shape index (κ3) is 3.06. The summed E-state index contributed by atoms with van der Waals surface area (Å²) in [5, 5.41) is 0. The van der Waals surface area contributed by atoms with Gasteiger partial charge in [0.2, 0.25) is 0 Å². The second-order valence-electron chi connectivity index (χ2n) is 2.88. The Morgan fingerprint density at radius 3 is 2.71 bits per heavy atom. The highest BCUT2D eigenvalue weighted by atomic mass is 19.3. The molecule has 1 aromatic rings. The third-order valence-corrected chi connectivity index (χ3v) is 1.59. The van der Waals surface area contributed by atoms with E-state index in [0.717, 1.165) is 5.56 Å². The summed E-state index contributed by atoms with van der Waals surface area (Å²) in [5.41, 5.74) is 1.53. The van der Waals surface area contributed by atoms with Gasteiger partial charge in [-0.2, -0.15) is 0 Å². The van der Waals surface area contributed by atoms with E-state index in [1.54, 1.807) is 18.2 Å². The van der Waals surface area contributed by atoms with E-state index in [2.05, 4.69) is 5.92 Å².